The number of H-pyrrole nitrogens is 1. The quantitative estimate of drug-likeness (QED) is 0.650. The van der Waals surface area contributed by atoms with Gasteiger partial charge in [-0.15, -0.1) is 0 Å². The van der Waals surface area contributed by atoms with Gasteiger partial charge in [0.05, 0.1) is 12.1 Å². The van der Waals surface area contributed by atoms with Gasteiger partial charge in [0.1, 0.15) is 6.54 Å². The third-order valence-corrected chi connectivity index (χ3v) is 3.27. The van der Waals surface area contributed by atoms with Crippen molar-refractivity contribution in [2.45, 2.75) is 44.4 Å². The molecule has 104 valence electrons. The molecule has 0 bridgehead atoms. The van der Waals surface area contributed by atoms with Gasteiger partial charge in [0.15, 0.2) is 0 Å². The summed E-state index contributed by atoms with van der Waals surface area (Å²) in [7, 11) is 0. The predicted octanol–water partition coefficient (Wildman–Crippen LogP) is -1.04. The zero-order valence-corrected chi connectivity index (χ0v) is 10.5. The number of carbonyl (C=O) groups is 1. The molecule has 1 aromatic rings. The summed E-state index contributed by atoms with van der Waals surface area (Å²) in [4.78, 5) is 34.3. The molecule has 2 atom stereocenters. The van der Waals surface area contributed by atoms with Crippen LogP contribution in [-0.2, 0) is 11.3 Å². The van der Waals surface area contributed by atoms with E-state index in [4.69, 9.17) is 0 Å². The Bertz CT molecular complexity index is 563. The molecule has 1 aliphatic carbocycles. The minimum absolute atomic E-state index is 0.252. The number of amides is 1. The Morgan fingerprint density at radius 3 is 2.84 bits per heavy atom. The van der Waals surface area contributed by atoms with Crippen LogP contribution in [0.2, 0.25) is 0 Å². The minimum atomic E-state index is -0.538. The van der Waals surface area contributed by atoms with Crippen LogP contribution in [0.3, 0.4) is 0 Å². The van der Waals surface area contributed by atoms with E-state index in [1.54, 1.807) is 0 Å². The van der Waals surface area contributed by atoms with E-state index >= 15 is 0 Å². The highest BCUT2D eigenvalue weighted by molar-refractivity contribution is 5.76. The molecule has 0 radical (unpaired) electrons. The maximum Gasteiger partial charge on any atom is 0.265 e. The summed E-state index contributed by atoms with van der Waals surface area (Å²) in [6.45, 7) is -0.252. The number of nitrogens with zero attached hydrogens (tertiary/aromatic N) is 1. The van der Waals surface area contributed by atoms with E-state index in [9.17, 15) is 19.5 Å². The van der Waals surface area contributed by atoms with Gasteiger partial charge >= 0.3 is 0 Å². The minimum Gasteiger partial charge on any atom is -0.391 e. The standard InChI is InChI=1S/C12H17N3O4/c16-9-4-2-1-3-8(9)13-11(18)7-15-12(19)6-5-10(17)14-15/h5-6,8-9,16H,1-4,7H2,(H,13,18)(H,14,17)/t8-,9-/m0/s1. The van der Waals surface area contributed by atoms with E-state index in [-0.39, 0.29) is 12.6 Å². The molecule has 0 saturated heterocycles. The molecule has 1 aliphatic rings. The summed E-state index contributed by atoms with van der Waals surface area (Å²) in [5.41, 5.74) is -0.885. The normalized spacial score (nSPS) is 23.0. The average Bonchev–Trinajstić information content (AvgIpc) is 2.37. The number of carbonyl (C=O) groups excluding carboxylic acids is 1. The fourth-order valence-corrected chi connectivity index (χ4v) is 2.26. The fraction of sp³-hybridized carbons (Fsp3) is 0.583. The lowest BCUT2D eigenvalue weighted by molar-refractivity contribution is -0.123. The van der Waals surface area contributed by atoms with E-state index < -0.39 is 23.1 Å². The van der Waals surface area contributed by atoms with Crippen LogP contribution in [0.1, 0.15) is 25.7 Å². The molecule has 2 rings (SSSR count). The number of aromatic nitrogens is 2. The van der Waals surface area contributed by atoms with Crippen LogP contribution in [-0.4, -0.2) is 32.9 Å². The van der Waals surface area contributed by atoms with Crippen molar-refractivity contribution < 1.29 is 9.90 Å². The number of aliphatic hydroxyl groups is 1. The Kier molecular flexibility index (Phi) is 4.16. The summed E-state index contributed by atoms with van der Waals surface area (Å²) >= 11 is 0. The summed E-state index contributed by atoms with van der Waals surface area (Å²) in [6.07, 6.45) is 2.78. The smallest absolute Gasteiger partial charge is 0.265 e. The Morgan fingerprint density at radius 1 is 1.37 bits per heavy atom. The van der Waals surface area contributed by atoms with Crippen LogP contribution < -0.4 is 16.4 Å². The zero-order valence-electron chi connectivity index (χ0n) is 10.5. The largest absolute Gasteiger partial charge is 0.391 e. The van der Waals surface area contributed by atoms with Crippen molar-refractivity contribution in [2.24, 2.45) is 0 Å². The maximum atomic E-state index is 11.8. The molecule has 1 heterocycles. The van der Waals surface area contributed by atoms with Crippen LogP contribution in [0, 0.1) is 0 Å². The number of hydrogen-bond acceptors (Lipinski definition) is 4. The topological polar surface area (TPSA) is 104 Å². The molecule has 0 unspecified atom stereocenters. The van der Waals surface area contributed by atoms with Gasteiger partial charge in [-0.3, -0.25) is 19.5 Å². The first-order valence-corrected chi connectivity index (χ1v) is 6.34. The first-order valence-electron chi connectivity index (χ1n) is 6.34. The first-order chi connectivity index (χ1) is 9.06. The molecule has 0 spiro atoms. The molecular formula is C12H17N3O4. The van der Waals surface area contributed by atoms with Crippen molar-refractivity contribution in [3.63, 3.8) is 0 Å². The summed E-state index contributed by atoms with van der Waals surface area (Å²) in [5.74, 6) is -0.394. The van der Waals surface area contributed by atoms with Gasteiger partial charge in [0.2, 0.25) is 5.91 Å². The Morgan fingerprint density at radius 2 is 2.11 bits per heavy atom. The van der Waals surface area contributed by atoms with Crippen LogP contribution in [0.25, 0.3) is 0 Å². The lowest BCUT2D eigenvalue weighted by Gasteiger charge is -2.28. The van der Waals surface area contributed by atoms with Crippen molar-refractivity contribution in [2.75, 3.05) is 0 Å². The number of aromatic amines is 1. The average molecular weight is 267 g/mol. The molecule has 0 aliphatic heterocycles. The highest BCUT2D eigenvalue weighted by Gasteiger charge is 2.24. The van der Waals surface area contributed by atoms with Crippen LogP contribution in [0.5, 0.6) is 0 Å². The highest BCUT2D eigenvalue weighted by Crippen LogP contribution is 2.18. The van der Waals surface area contributed by atoms with Gasteiger partial charge in [-0.05, 0) is 12.8 Å². The summed E-state index contributed by atoms with van der Waals surface area (Å²) < 4.78 is 0.951. The molecular weight excluding hydrogens is 250 g/mol. The van der Waals surface area contributed by atoms with Gasteiger partial charge in [-0.2, -0.15) is 0 Å². The summed E-state index contributed by atoms with van der Waals surface area (Å²) in [6, 6.07) is 1.95. The predicted molar refractivity (Wildman–Crippen MR) is 67.7 cm³/mol. The second-order valence-corrected chi connectivity index (χ2v) is 4.76. The van der Waals surface area contributed by atoms with Crippen LogP contribution >= 0.6 is 0 Å². The van der Waals surface area contributed by atoms with Crippen molar-refractivity contribution in [3.8, 4) is 0 Å². The van der Waals surface area contributed by atoms with Crippen molar-refractivity contribution >= 4 is 5.91 Å². The first kappa shape index (κ1) is 13.5. The molecule has 19 heavy (non-hydrogen) atoms. The third-order valence-electron chi connectivity index (χ3n) is 3.27. The lowest BCUT2D eigenvalue weighted by Crippen LogP contribution is -2.47. The number of rotatable bonds is 3. The second-order valence-electron chi connectivity index (χ2n) is 4.76. The third kappa shape index (κ3) is 3.54. The van der Waals surface area contributed by atoms with E-state index in [0.29, 0.717) is 6.42 Å². The van der Waals surface area contributed by atoms with Crippen molar-refractivity contribution in [1.29, 1.82) is 0 Å². The SMILES string of the molecule is O=C(Cn1[nH]c(=O)ccc1=O)N[C@H]1CCCC[C@@H]1O. The molecule has 0 aromatic carbocycles. The van der Waals surface area contributed by atoms with Gasteiger partial charge < -0.3 is 10.4 Å². The molecule has 1 amide bonds. The Hall–Kier alpha value is -1.89. The number of aliphatic hydroxyl groups excluding tert-OH is 1. The second kappa shape index (κ2) is 5.83. The Labute approximate surface area is 109 Å². The lowest BCUT2D eigenvalue weighted by atomic mass is 9.92. The van der Waals surface area contributed by atoms with E-state index in [2.05, 4.69) is 10.4 Å². The highest BCUT2D eigenvalue weighted by atomic mass is 16.3. The summed E-state index contributed by atoms with van der Waals surface area (Å²) in [5, 5.41) is 14.7. The fourth-order valence-electron chi connectivity index (χ4n) is 2.26. The Balaban J connectivity index is 1.99. The molecule has 1 saturated carbocycles. The van der Waals surface area contributed by atoms with Crippen LogP contribution in [0.4, 0.5) is 0 Å². The molecule has 3 N–H and O–H groups in total. The van der Waals surface area contributed by atoms with E-state index in [1.165, 1.54) is 0 Å². The van der Waals surface area contributed by atoms with Gasteiger partial charge in [-0.1, -0.05) is 12.8 Å². The van der Waals surface area contributed by atoms with Gasteiger partial charge in [0.25, 0.3) is 11.1 Å². The van der Waals surface area contributed by atoms with E-state index in [0.717, 1.165) is 36.1 Å². The molecule has 7 nitrogen and oxygen atoms in total. The van der Waals surface area contributed by atoms with Crippen molar-refractivity contribution in [3.05, 3.63) is 32.8 Å². The molecule has 1 aromatic heterocycles. The van der Waals surface area contributed by atoms with Gasteiger partial charge in [0, 0.05) is 12.1 Å². The number of hydrogen-bond donors (Lipinski definition) is 3. The molecule has 7 heteroatoms. The van der Waals surface area contributed by atoms with Crippen molar-refractivity contribution in [1.82, 2.24) is 15.1 Å². The molecule has 1 fully saturated rings. The van der Waals surface area contributed by atoms with Crippen LogP contribution in [0.15, 0.2) is 21.7 Å². The monoisotopic (exact) mass is 267 g/mol. The van der Waals surface area contributed by atoms with E-state index in [1.807, 2.05) is 0 Å². The number of nitrogens with one attached hydrogen (secondary N) is 2. The zero-order chi connectivity index (χ0) is 13.8. The maximum absolute atomic E-state index is 11.8. The van der Waals surface area contributed by atoms with Gasteiger partial charge in [-0.25, -0.2) is 4.68 Å².